The Morgan fingerprint density at radius 2 is 1.79 bits per heavy atom. The summed E-state index contributed by atoms with van der Waals surface area (Å²) < 4.78 is 21.5. The fourth-order valence-electron chi connectivity index (χ4n) is 4.38. The molecular weight excluding hydrogens is 522 g/mol. The number of amidine groups is 1. The molecule has 0 aromatic heterocycles. The lowest BCUT2D eigenvalue weighted by molar-refractivity contribution is -0.139. The number of benzene rings is 2. The van der Waals surface area contributed by atoms with Gasteiger partial charge in [-0.3, -0.25) is 14.5 Å². The maximum atomic E-state index is 13.5. The third kappa shape index (κ3) is 5.78. The molecule has 0 bridgehead atoms. The highest BCUT2D eigenvalue weighted by Gasteiger charge is 2.42. The smallest absolute Gasteiger partial charge is 0.337 e. The number of nitrogens with zero attached hydrogens (tertiary/aromatic N) is 2. The number of rotatable bonds is 9. The van der Waals surface area contributed by atoms with Crippen LogP contribution in [-0.4, -0.2) is 61.8 Å². The Morgan fingerprint density at radius 1 is 1.05 bits per heavy atom. The maximum absolute atomic E-state index is 13.5. The molecule has 0 saturated heterocycles. The number of ether oxygens (including phenoxy) is 4. The molecule has 39 heavy (non-hydrogen) atoms. The van der Waals surface area contributed by atoms with Crippen molar-refractivity contribution in [1.29, 1.82) is 0 Å². The number of carbonyl (C=O) groups is 3. The minimum Gasteiger partial charge on any atom is -0.497 e. The topological polar surface area (TPSA) is 116 Å². The van der Waals surface area contributed by atoms with Gasteiger partial charge in [-0.15, -0.1) is 0 Å². The zero-order valence-corrected chi connectivity index (χ0v) is 23.1. The normalized spacial score (nSPS) is 16.6. The quantitative estimate of drug-likeness (QED) is 0.466. The van der Waals surface area contributed by atoms with Crippen LogP contribution in [0.2, 0.25) is 0 Å². The lowest BCUT2D eigenvalue weighted by Gasteiger charge is -2.38. The van der Waals surface area contributed by atoms with Gasteiger partial charge in [-0.25, -0.2) is 9.79 Å². The number of anilines is 1. The highest BCUT2D eigenvalue weighted by atomic mass is 32.2. The summed E-state index contributed by atoms with van der Waals surface area (Å²) in [7, 11) is 4.62. The molecule has 4 rings (SSSR count). The highest BCUT2D eigenvalue weighted by Crippen LogP contribution is 2.39. The average molecular weight is 552 g/mol. The van der Waals surface area contributed by atoms with E-state index >= 15 is 0 Å². The molecule has 0 unspecified atom stereocenters. The maximum Gasteiger partial charge on any atom is 0.337 e. The molecule has 0 aliphatic carbocycles. The van der Waals surface area contributed by atoms with E-state index in [0.717, 1.165) is 17.3 Å². The summed E-state index contributed by atoms with van der Waals surface area (Å²) in [6.45, 7) is 3.57. The largest absolute Gasteiger partial charge is 0.497 e. The standard InChI is InChI=1S/C28H29N3O7S/c1-6-38-27(34)24-16(2)29-28-31(20(24)14-17-8-7-9-21(36-4)25(17)37-5)23(32)15-22(39-28)26(33)30-18-10-12-19(35-3)13-11-18/h7-13,15,20H,6,14H2,1-5H3,(H,30,33)/t20-/m1/s1. The number of hydrogen-bond acceptors (Lipinski definition) is 9. The van der Waals surface area contributed by atoms with Crippen molar-refractivity contribution in [2.75, 3.05) is 33.3 Å². The van der Waals surface area contributed by atoms with E-state index in [9.17, 15) is 14.4 Å². The van der Waals surface area contributed by atoms with E-state index in [-0.39, 0.29) is 23.5 Å². The molecular formula is C28H29N3O7S. The third-order valence-electron chi connectivity index (χ3n) is 6.16. The third-order valence-corrected chi connectivity index (χ3v) is 7.16. The lowest BCUT2D eigenvalue weighted by Crippen LogP contribution is -2.50. The van der Waals surface area contributed by atoms with Gasteiger partial charge >= 0.3 is 5.97 Å². The van der Waals surface area contributed by atoms with Crippen LogP contribution in [0.1, 0.15) is 19.4 Å². The molecule has 2 amide bonds. The van der Waals surface area contributed by atoms with Crippen LogP contribution >= 0.6 is 11.8 Å². The van der Waals surface area contributed by atoms with E-state index in [4.69, 9.17) is 18.9 Å². The van der Waals surface area contributed by atoms with Crippen LogP contribution in [0.15, 0.2) is 69.7 Å². The predicted molar refractivity (Wildman–Crippen MR) is 148 cm³/mol. The first-order valence-corrected chi connectivity index (χ1v) is 13.0. The van der Waals surface area contributed by atoms with Gasteiger partial charge in [0.15, 0.2) is 16.7 Å². The van der Waals surface area contributed by atoms with Gasteiger partial charge in [0.1, 0.15) is 5.75 Å². The fourth-order valence-corrected chi connectivity index (χ4v) is 5.38. The number of amides is 2. The second kappa shape index (κ2) is 12.1. The minimum absolute atomic E-state index is 0.166. The van der Waals surface area contributed by atoms with E-state index < -0.39 is 23.8 Å². The molecule has 1 N–H and O–H groups in total. The van der Waals surface area contributed by atoms with Crippen LogP contribution in [0.25, 0.3) is 0 Å². The molecule has 11 heteroatoms. The molecule has 2 heterocycles. The van der Waals surface area contributed by atoms with Crippen LogP contribution < -0.4 is 19.5 Å². The molecule has 0 radical (unpaired) electrons. The van der Waals surface area contributed by atoms with Crippen LogP contribution in [0.4, 0.5) is 5.69 Å². The first-order chi connectivity index (χ1) is 18.8. The number of methoxy groups -OCH3 is 3. The van der Waals surface area contributed by atoms with Gasteiger partial charge in [0.2, 0.25) is 0 Å². The number of aliphatic imine (C=N–C) groups is 1. The van der Waals surface area contributed by atoms with E-state index in [1.165, 1.54) is 25.2 Å². The van der Waals surface area contributed by atoms with Crippen molar-refractivity contribution in [1.82, 2.24) is 4.90 Å². The summed E-state index contributed by atoms with van der Waals surface area (Å²) in [5, 5.41) is 3.08. The van der Waals surface area contributed by atoms with Crippen molar-refractivity contribution < 1.29 is 33.3 Å². The molecule has 204 valence electrons. The molecule has 2 aliphatic rings. The van der Waals surface area contributed by atoms with Crippen LogP contribution in [0, 0.1) is 0 Å². The van der Waals surface area contributed by atoms with Crippen LogP contribution in [-0.2, 0) is 25.5 Å². The van der Waals surface area contributed by atoms with E-state index in [2.05, 4.69) is 10.3 Å². The molecule has 0 saturated carbocycles. The average Bonchev–Trinajstić information content (AvgIpc) is 2.92. The molecule has 0 fully saturated rings. The van der Waals surface area contributed by atoms with Crippen molar-refractivity contribution in [3.63, 3.8) is 0 Å². The van der Waals surface area contributed by atoms with E-state index in [1.54, 1.807) is 51.3 Å². The summed E-state index contributed by atoms with van der Waals surface area (Å²) in [5.74, 6) is 0.180. The van der Waals surface area contributed by atoms with Crippen molar-refractivity contribution in [3.05, 3.63) is 70.3 Å². The summed E-state index contributed by atoms with van der Waals surface area (Å²) in [6, 6.07) is 11.5. The van der Waals surface area contributed by atoms with Crippen molar-refractivity contribution in [2.24, 2.45) is 4.99 Å². The minimum atomic E-state index is -0.750. The lowest BCUT2D eigenvalue weighted by atomic mass is 9.94. The number of carbonyl (C=O) groups excluding carboxylic acids is 3. The van der Waals surface area contributed by atoms with Crippen molar-refractivity contribution in [3.8, 4) is 17.2 Å². The molecule has 2 aliphatic heterocycles. The summed E-state index contributed by atoms with van der Waals surface area (Å²) in [4.78, 5) is 45.7. The molecule has 10 nitrogen and oxygen atoms in total. The number of thioether (sulfide) groups is 1. The number of fused-ring (bicyclic) bond motifs is 1. The van der Waals surface area contributed by atoms with Crippen molar-refractivity contribution >= 4 is 40.4 Å². The zero-order valence-electron chi connectivity index (χ0n) is 22.3. The number of esters is 1. The molecule has 2 aromatic rings. The van der Waals surface area contributed by atoms with Gasteiger partial charge in [-0.2, -0.15) is 0 Å². The van der Waals surface area contributed by atoms with Gasteiger partial charge in [0.25, 0.3) is 11.8 Å². The summed E-state index contributed by atoms with van der Waals surface area (Å²) in [5.41, 5.74) is 1.94. The number of nitrogens with one attached hydrogen (secondary N) is 1. The predicted octanol–water partition coefficient (Wildman–Crippen LogP) is 3.93. The zero-order chi connectivity index (χ0) is 28.1. The first kappa shape index (κ1) is 27.8. The monoisotopic (exact) mass is 551 g/mol. The Balaban J connectivity index is 1.69. The molecule has 0 spiro atoms. The number of para-hydroxylation sites is 1. The van der Waals surface area contributed by atoms with Gasteiger partial charge < -0.3 is 24.3 Å². The SMILES string of the molecule is CCOC(=O)C1=C(C)N=C2SC(C(=O)Nc3ccc(OC)cc3)=CC(=O)N2[C@@H]1Cc1cccc(OC)c1OC. The Kier molecular flexibility index (Phi) is 8.60. The highest BCUT2D eigenvalue weighted by molar-refractivity contribution is 8.18. The van der Waals surface area contributed by atoms with Crippen molar-refractivity contribution in [2.45, 2.75) is 26.3 Å². The Bertz CT molecular complexity index is 1380. The van der Waals surface area contributed by atoms with Gasteiger partial charge in [-0.05, 0) is 55.9 Å². The van der Waals surface area contributed by atoms with Crippen LogP contribution in [0.5, 0.6) is 17.2 Å². The molecule has 1 atom stereocenters. The molecule has 2 aromatic carbocycles. The Labute approximate surface area is 230 Å². The second-order valence-electron chi connectivity index (χ2n) is 8.49. The van der Waals surface area contributed by atoms with Gasteiger partial charge in [-0.1, -0.05) is 12.1 Å². The second-order valence-corrected chi connectivity index (χ2v) is 9.50. The first-order valence-electron chi connectivity index (χ1n) is 12.2. The Hall–Kier alpha value is -4.25. The van der Waals surface area contributed by atoms with E-state index in [0.29, 0.717) is 33.8 Å². The Morgan fingerprint density at radius 3 is 2.44 bits per heavy atom. The number of allylic oxidation sites excluding steroid dienone is 1. The van der Waals surface area contributed by atoms with Crippen LogP contribution in [0.3, 0.4) is 0 Å². The summed E-state index contributed by atoms with van der Waals surface area (Å²) >= 11 is 1.05. The van der Waals surface area contributed by atoms with E-state index in [1.807, 2.05) is 12.1 Å². The number of hydrogen-bond donors (Lipinski definition) is 1. The van der Waals surface area contributed by atoms with Gasteiger partial charge in [0.05, 0.1) is 50.2 Å². The van der Waals surface area contributed by atoms with Gasteiger partial charge in [0, 0.05) is 23.7 Å². The summed E-state index contributed by atoms with van der Waals surface area (Å²) in [6.07, 6.45) is 1.47. The fraction of sp³-hybridized carbons (Fsp3) is 0.286.